The van der Waals surface area contributed by atoms with Crippen molar-refractivity contribution < 1.29 is 14.2 Å². The van der Waals surface area contributed by atoms with E-state index >= 15 is 0 Å². The van der Waals surface area contributed by atoms with Crippen molar-refractivity contribution in [3.63, 3.8) is 0 Å². The van der Waals surface area contributed by atoms with E-state index in [2.05, 4.69) is 15.9 Å². The Balaban J connectivity index is 2.20. The molecule has 0 saturated heterocycles. The summed E-state index contributed by atoms with van der Waals surface area (Å²) in [5.41, 5.74) is 2.06. The van der Waals surface area contributed by atoms with Gasteiger partial charge in [-0.3, -0.25) is 0 Å². The molecule has 0 fully saturated rings. The maximum Gasteiger partial charge on any atom is 0.129 e. The van der Waals surface area contributed by atoms with Crippen molar-refractivity contribution in [2.45, 2.75) is 12.5 Å². The molecular formula is C16H16BrFO2. The number of halogens is 2. The molecule has 0 aliphatic carbocycles. The first-order valence-corrected chi connectivity index (χ1v) is 7.12. The zero-order valence-corrected chi connectivity index (χ0v) is 12.7. The first-order chi connectivity index (χ1) is 9.61. The third kappa shape index (κ3) is 3.66. The maximum atomic E-state index is 13.8. The van der Waals surface area contributed by atoms with Gasteiger partial charge in [-0.2, -0.15) is 0 Å². The quantitative estimate of drug-likeness (QED) is 0.896. The Bertz CT molecular complexity index is 569. The van der Waals surface area contributed by atoms with Crippen LogP contribution in [-0.4, -0.2) is 18.8 Å². The number of aliphatic hydroxyl groups is 1. The van der Waals surface area contributed by atoms with Crippen LogP contribution >= 0.6 is 15.9 Å². The number of benzene rings is 2. The van der Waals surface area contributed by atoms with Crippen LogP contribution in [0, 0.1) is 5.82 Å². The van der Waals surface area contributed by atoms with E-state index in [4.69, 9.17) is 4.74 Å². The van der Waals surface area contributed by atoms with Gasteiger partial charge in [-0.15, -0.1) is 0 Å². The standard InChI is InChI=1S/C16H16BrFO2/c1-20-9-8-11-2-4-12(5-3-11)16(19)14-10-13(17)6-7-15(14)18/h2-7,10,16,19H,8-9H2,1H3. The van der Waals surface area contributed by atoms with Gasteiger partial charge in [0, 0.05) is 17.1 Å². The molecule has 1 unspecified atom stereocenters. The molecule has 4 heteroatoms. The molecule has 0 bridgehead atoms. The highest BCUT2D eigenvalue weighted by Gasteiger charge is 2.15. The summed E-state index contributed by atoms with van der Waals surface area (Å²) >= 11 is 3.29. The number of ether oxygens (including phenoxy) is 1. The van der Waals surface area contributed by atoms with Gasteiger partial charge in [0.2, 0.25) is 0 Å². The lowest BCUT2D eigenvalue weighted by atomic mass is 9.99. The summed E-state index contributed by atoms with van der Waals surface area (Å²) in [6, 6.07) is 12.0. The molecule has 106 valence electrons. The van der Waals surface area contributed by atoms with E-state index in [9.17, 15) is 9.50 Å². The second-order valence-corrected chi connectivity index (χ2v) is 5.47. The molecule has 0 aromatic heterocycles. The number of rotatable bonds is 5. The summed E-state index contributed by atoms with van der Waals surface area (Å²) in [6.07, 6.45) is -0.151. The van der Waals surface area contributed by atoms with E-state index in [1.807, 2.05) is 24.3 Å². The molecule has 2 rings (SSSR count). The lowest BCUT2D eigenvalue weighted by Gasteiger charge is -2.13. The minimum Gasteiger partial charge on any atom is -0.384 e. The molecule has 0 radical (unpaired) electrons. The fourth-order valence-electron chi connectivity index (χ4n) is 1.99. The van der Waals surface area contributed by atoms with E-state index in [0.717, 1.165) is 16.5 Å². The van der Waals surface area contributed by atoms with Crippen LogP contribution < -0.4 is 0 Å². The van der Waals surface area contributed by atoms with E-state index in [0.29, 0.717) is 12.2 Å². The zero-order chi connectivity index (χ0) is 14.5. The fraction of sp³-hybridized carbons (Fsp3) is 0.250. The summed E-state index contributed by atoms with van der Waals surface area (Å²) < 4.78 is 19.5. The van der Waals surface area contributed by atoms with Crippen molar-refractivity contribution in [2.24, 2.45) is 0 Å². The summed E-state index contributed by atoms with van der Waals surface area (Å²) in [6.45, 7) is 0.655. The third-order valence-electron chi connectivity index (χ3n) is 3.14. The van der Waals surface area contributed by atoms with Crippen LogP contribution in [0.1, 0.15) is 22.8 Å². The Labute approximate surface area is 126 Å². The van der Waals surface area contributed by atoms with Crippen LogP contribution in [0.5, 0.6) is 0 Å². The van der Waals surface area contributed by atoms with Crippen molar-refractivity contribution in [3.05, 3.63) is 69.4 Å². The highest BCUT2D eigenvalue weighted by atomic mass is 79.9. The largest absolute Gasteiger partial charge is 0.384 e. The van der Waals surface area contributed by atoms with Gasteiger partial charge >= 0.3 is 0 Å². The molecule has 0 heterocycles. The van der Waals surface area contributed by atoms with Crippen LogP contribution in [0.15, 0.2) is 46.9 Å². The normalized spacial score (nSPS) is 12.4. The van der Waals surface area contributed by atoms with Gasteiger partial charge < -0.3 is 9.84 Å². The highest BCUT2D eigenvalue weighted by molar-refractivity contribution is 9.10. The van der Waals surface area contributed by atoms with E-state index in [1.54, 1.807) is 19.2 Å². The number of hydrogen-bond acceptors (Lipinski definition) is 2. The molecular weight excluding hydrogens is 323 g/mol. The lowest BCUT2D eigenvalue weighted by molar-refractivity contribution is 0.202. The van der Waals surface area contributed by atoms with E-state index in [-0.39, 0.29) is 5.56 Å². The average Bonchev–Trinajstić information content (AvgIpc) is 2.47. The second kappa shape index (κ2) is 6.97. The van der Waals surface area contributed by atoms with E-state index < -0.39 is 11.9 Å². The Morgan fingerprint density at radius 3 is 2.55 bits per heavy atom. The number of methoxy groups -OCH3 is 1. The van der Waals surface area contributed by atoms with Crippen molar-refractivity contribution in [3.8, 4) is 0 Å². The van der Waals surface area contributed by atoms with Gasteiger partial charge in [-0.25, -0.2) is 4.39 Å². The second-order valence-electron chi connectivity index (χ2n) is 4.55. The van der Waals surface area contributed by atoms with Gasteiger partial charge in [0.25, 0.3) is 0 Å². The molecule has 0 aliphatic rings. The van der Waals surface area contributed by atoms with E-state index in [1.165, 1.54) is 6.07 Å². The molecule has 2 nitrogen and oxygen atoms in total. The van der Waals surface area contributed by atoms with Crippen molar-refractivity contribution in [1.82, 2.24) is 0 Å². The van der Waals surface area contributed by atoms with Crippen LogP contribution in [0.25, 0.3) is 0 Å². The highest BCUT2D eigenvalue weighted by Crippen LogP contribution is 2.27. The smallest absolute Gasteiger partial charge is 0.129 e. The monoisotopic (exact) mass is 338 g/mol. The molecule has 2 aromatic carbocycles. The Kier molecular flexibility index (Phi) is 5.29. The zero-order valence-electron chi connectivity index (χ0n) is 11.1. The molecule has 0 spiro atoms. The number of hydrogen-bond donors (Lipinski definition) is 1. The summed E-state index contributed by atoms with van der Waals surface area (Å²) in [7, 11) is 1.66. The van der Waals surface area contributed by atoms with Gasteiger partial charge in [0.15, 0.2) is 0 Å². The summed E-state index contributed by atoms with van der Waals surface area (Å²) in [5.74, 6) is -0.413. The molecule has 2 aromatic rings. The molecule has 0 amide bonds. The van der Waals surface area contributed by atoms with Crippen molar-refractivity contribution in [1.29, 1.82) is 0 Å². The predicted octanol–water partition coefficient (Wildman–Crippen LogP) is 3.86. The van der Waals surface area contributed by atoms with Crippen molar-refractivity contribution in [2.75, 3.05) is 13.7 Å². The van der Waals surface area contributed by atoms with Gasteiger partial charge in [0.05, 0.1) is 6.61 Å². The third-order valence-corrected chi connectivity index (χ3v) is 3.64. The SMILES string of the molecule is COCCc1ccc(C(O)c2cc(Br)ccc2F)cc1. The Hall–Kier alpha value is -1.23. The summed E-state index contributed by atoms with van der Waals surface area (Å²) in [4.78, 5) is 0. The van der Waals surface area contributed by atoms with Gasteiger partial charge in [-0.05, 0) is 35.7 Å². The predicted molar refractivity (Wildman–Crippen MR) is 80.2 cm³/mol. The minimum atomic E-state index is -0.969. The minimum absolute atomic E-state index is 0.268. The van der Waals surface area contributed by atoms with Gasteiger partial charge in [-0.1, -0.05) is 40.2 Å². The van der Waals surface area contributed by atoms with Crippen LogP contribution in [-0.2, 0) is 11.2 Å². The average molecular weight is 339 g/mol. The van der Waals surface area contributed by atoms with Crippen LogP contribution in [0.3, 0.4) is 0 Å². The lowest BCUT2D eigenvalue weighted by Crippen LogP contribution is -2.03. The number of aliphatic hydroxyl groups excluding tert-OH is 1. The van der Waals surface area contributed by atoms with Crippen LogP contribution in [0.2, 0.25) is 0 Å². The first kappa shape index (κ1) is 15.2. The molecule has 0 aliphatic heterocycles. The topological polar surface area (TPSA) is 29.5 Å². The fourth-order valence-corrected chi connectivity index (χ4v) is 2.37. The Morgan fingerprint density at radius 2 is 1.90 bits per heavy atom. The first-order valence-electron chi connectivity index (χ1n) is 6.32. The molecule has 0 saturated carbocycles. The maximum absolute atomic E-state index is 13.8. The summed E-state index contributed by atoms with van der Waals surface area (Å²) in [5, 5.41) is 10.3. The van der Waals surface area contributed by atoms with Crippen molar-refractivity contribution >= 4 is 15.9 Å². The van der Waals surface area contributed by atoms with Gasteiger partial charge in [0.1, 0.15) is 11.9 Å². The Morgan fingerprint density at radius 1 is 1.20 bits per heavy atom. The van der Waals surface area contributed by atoms with Crippen LogP contribution in [0.4, 0.5) is 4.39 Å². The molecule has 1 N–H and O–H groups in total. The molecule has 20 heavy (non-hydrogen) atoms. The molecule has 1 atom stereocenters.